The molecule has 0 aromatic rings. The highest BCUT2D eigenvalue weighted by molar-refractivity contribution is 6.01. The second-order valence-corrected chi connectivity index (χ2v) is 5.03. The van der Waals surface area contributed by atoms with Gasteiger partial charge in [-0.15, -0.1) is 0 Å². The van der Waals surface area contributed by atoms with Gasteiger partial charge in [-0.3, -0.25) is 9.79 Å². The van der Waals surface area contributed by atoms with Crippen LogP contribution in [0.3, 0.4) is 0 Å². The summed E-state index contributed by atoms with van der Waals surface area (Å²) in [5.74, 6) is 1.39. The van der Waals surface area contributed by atoms with Crippen LogP contribution in [0.1, 0.15) is 19.3 Å². The van der Waals surface area contributed by atoms with Crippen molar-refractivity contribution in [3.05, 3.63) is 34.9 Å². The zero-order valence-electron chi connectivity index (χ0n) is 11.8. The predicted octanol–water partition coefficient (Wildman–Crippen LogP) is 1.78. The van der Waals surface area contributed by atoms with Gasteiger partial charge in [-0.1, -0.05) is 6.08 Å². The van der Waals surface area contributed by atoms with Crippen molar-refractivity contribution in [1.82, 2.24) is 4.90 Å². The maximum atomic E-state index is 12.6. The summed E-state index contributed by atoms with van der Waals surface area (Å²) in [5.41, 5.74) is 1.31. The van der Waals surface area contributed by atoms with Gasteiger partial charge in [0.15, 0.2) is 5.76 Å². The normalized spacial score (nSPS) is 25.4. The van der Waals surface area contributed by atoms with E-state index in [1.807, 2.05) is 17.2 Å². The Morgan fingerprint density at radius 1 is 1.35 bits per heavy atom. The fraction of sp³-hybridized carbons (Fsp3) is 0.467. The molecule has 20 heavy (non-hydrogen) atoms. The standard InChI is InChI=1S/C15H18N2O3/c1-19-13-6-5-11-12(8-14(13)20-2)16-9-10-4-3-7-17(10)15(11)18/h5,8-10H,3-4,6-7H2,1-2H3/t10-/m1/s1. The maximum Gasteiger partial charge on any atom is 0.256 e. The van der Waals surface area contributed by atoms with E-state index in [2.05, 4.69) is 4.99 Å². The predicted molar refractivity (Wildman–Crippen MR) is 75.1 cm³/mol. The first-order valence-corrected chi connectivity index (χ1v) is 6.83. The van der Waals surface area contributed by atoms with Crippen molar-refractivity contribution >= 4 is 12.1 Å². The van der Waals surface area contributed by atoms with Crippen molar-refractivity contribution in [3.63, 3.8) is 0 Å². The lowest BCUT2D eigenvalue weighted by molar-refractivity contribution is -0.126. The Kier molecular flexibility index (Phi) is 3.34. The molecule has 0 bridgehead atoms. The molecule has 0 unspecified atom stereocenters. The SMILES string of the molecule is COC1=C(OC)CC=C2C(=O)N3CCC[C@@H]3C=NC2=C1. The molecule has 0 spiro atoms. The summed E-state index contributed by atoms with van der Waals surface area (Å²) >= 11 is 0. The van der Waals surface area contributed by atoms with E-state index < -0.39 is 0 Å². The van der Waals surface area contributed by atoms with Crippen LogP contribution in [0.25, 0.3) is 0 Å². The molecule has 3 aliphatic rings. The summed E-state index contributed by atoms with van der Waals surface area (Å²) in [6.45, 7) is 0.807. The highest BCUT2D eigenvalue weighted by Crippen LogP contribution is 2.30. The quantitative estimate of drug-likeness (QED) is 0.771. The number of carbonyl (C=O) groups excluding carboxylic acids is 1. The lowest BCUT2D eigenvalue weighted by atomic mass is 10.1. The Morgan fingerprint density at radius 2 is 2.20 bits per heavy atom. The molecular weight excluding hydrogens is 256 g/mol. The average molecular weight is 274 g/mol. The lowest BCUT2D eigenvalue weighted by Gasteiger charge is -2.20. The average Bonchev–Trinajstić information content (AvgIpc) is 2.80. The summed E-state index contributed by atoms with van der Waals surface area (Å²) in [6, 6.07) is 0.132. The molecule has 0 saturated carbocycles. The Bertz CT molecular complexity index is 557. The third-order valence-electron chi connectivity index (χ3n) is 3.95. The van der Waals surface area contributed by atoms with Crippen LogP contribution in [0.5, 0.6) is 0 Å². The number of ether oxygens (including phenoxy) is 2. The number of aliphatic imine (C=N–C) groups is 1. The number of allylic oxidation sites excluding steroid dienone is 2. The smallest absolute Gasteiger partial charge is 0.256 e. The molecule has 106 valence electrons. The van der Waals surface area contributed by atoms with Gasteiger partial charge in [-0.25, -0.2) is 0 Å². The van der Waals surface area contributed by atoms with Gasteiger partial charge in [0.05, 0.1) is 31.5 Å². The van der Waals surface area contributed by atoms with Gasteiger partial charge in [-0.2, -0.15) is 0 Å². The fourth-order valence-corrected chi connectivity index (χ4v) is 2.86. The van der Waals surface area contributed by atoms with Gasteiger partial charge in [0.1, 0.15) is 5.76 Å². The van der Waals surface area contributed by atoms with E-state index in [4.69, 9.17) is 9.47 Å². The van der Waals surface area contributed by atoms with Crippen molar-refractivity contribution in [3.8, 4) is 0 Å². The molecule has 0 N–H and O–H groups in total. The van der Waals surface area contributed by atoms with Crippen LogP contribution >= 0.6 is 0 Å². The molecule has 0 aromatic heterocycles. The number of amides is 1. The third kappa shape index (κ3) is 2.03. The summed E-state index contributed by atoms with van der Waals surface area (Å²) < 4.78 is 10.7. The van der Waals surface area contributed by atoms with Crippen LogP contribution in [0.15, 0.2) is 39.9 Å². The first-order chi connectivity index (χ1) is 9.74. The van der Waals surface area contributed by atoms with Crippen LogP contribution in [0.2, 0.25) is 0 Å². The first kappa shape index (κ1) is 13.0. The summed E-state index contributed by atoms with van der Waals surface area (Å²) in [4.78, 5) is 19.0. The van der Waals surface area contributed by atoms with E-state index in [1.54, 1.807) is 20.3 Å². The topological polar surface area (TPSA) is 51.1 Å². The van der Waals surface area contributed by atoms with E-state index in [0.29, 0.717) is 29.2 Å². The van der Waals surface area contributed by atoms with E-state index in [-0.39, 0.29) is 11.9 Å². The van der Waals surface area contributed by atoms with E-state index in [0.717, 1.165) is 19.4 Å². The van der Waals surface area contributed by atoms with Gasteiger partial charge in [0.25, 0.3) is 5.91 Å². The molecule has 1 fully saturated rings. The third-order valence-corrected chi connectivity index (χ3v) is 3.95. The van der Waals surface area contributed by atoms with Gasteiger partial charge in [0.2, 0.25) is 0 Å². The van der Waals surface area contributed by atoms with Gasteiger partial charge in [0, 0.05) is 25.3 Å². The number of methoxy groups -OCH3 is 2. The minimum Gasteiger partial charge on any atom is -0.497 e. The minimum atomic E-state index is 0.0593. The molecule has 1 aliphatic carbocycles. The molecule has 1 atom stereocenters. The highest BCUT2D eigenvalue weighted by atomic mass is 16.5. The zero-order valence-corrected chi connectivity index (χ0v) is 11.8. The van der Waals surface area contributed by atoms with Crippen LogP contribution in [0, 0.1) is 0 Å². The summed E-state index contributed by atoms with van der Waals surface area (Å²) in [7, 11) is 3.20. The highest BCUT2D eigenvalue weighted by Gasteiger charge is 2.33. The molecule has 5 heteroatoms. The summed E-state index contributed by atoms with van der Waals surface area (Å²) in [6.07, 6.45) is 8.12. The molecule has 3 rings (SSSR count). The Morgan fingerprint density at radius 3 is 2.95 bits per heavy atom. The molecule has 2 heterocycles. The number of nitrogens with zero attached hydrogens (tertiary/aromatic N) is 2. The van der Waals surface area contributed by atoms with Gasteiger partial charge < -0.3 is 14.4 Å². The molecule has 1 amide bonds. The lowest BCUT2D eigenvalue weighted by Crippen LogP contribution is -2.35. The largest absolute Gasteiger partial charge is 0.497 e. The van der Waals surface area contributed by atoms with Crippen LogP contribution in [0.4, 0.5) is 0 Å². The van der Waals surface area contributed by atoms with E-state index >= 15 is 0 Å². The van der Waals surface area contributed by atoms with Gasteiger partial charge in [-0.05, 0) is 12.8 Å². The first-order valence-electron chi connectivity index (χ1n) is 6.83. The molecule has 0 aromatic carbocycles. The maximum absolute atomic E-state index is 12.6. The number of fused-ring (bicyclic) bond motifs is 2. The van der Waals surface area contributed by atoms with Crippen molar-refractivity contribution in [2.75, 3.05) is 20.8 Å². The second-order valence-electron chi connectivity index (χ2n) is 5.03. The Labute approximate surface area is 118 Å². The number of carbonyl (C=O) groups is 1. The second kappa shape index (κ2) is 5.15. The molecule has 0 radical (unpaired) electrons. The number of rotatable bonds is 2. The van der Waals surface area contributed by atoms with Gasteiger partial charge >= 0.3 is 0 Å². The fourth-order valence-electron chi connectivity index (χ4n) is 2.86. The van der Waals surface area contributed by atoms with Crippen LogP contribution < -0.4 is 0 Å². The molecule has 2 aliphatic heterocycles. The Balaban J connectivity index is 2.04. The van der Waals surface area contributed by atoms with E-state index in [1.165, 1.54) is 0 Å². The van der Waals surface area contributed by atoms with Crippen molar-refractivity contribution in [1.29, 1.82) is 0 Å². The zero-order chi connectivity index (χ0) is 14.1. The van der Waals surface area contributed by atoms with Crippen molar-refractivity contribution in [2.45, 2.75) is 25.3 Å². The summed E-state index contributed by atoms with van der Waals surface area (Å²) in [5, 5.41) is 0. The van der Waals surface area contributed by atoms with Crippen molar-refractivity contribution in [2.24, 2.45) is 4.99 Å². The molecule has 5 nitrogen and oxygen atoms in total. The van der Waals surface area contributed by atoms with E-state index in [9.17, 15) is 4.79 Å². The van der Waals surface area contributed by atoms with Crippen LogP contribution in [-0.2, 0) is 14.3 Å². The monoisotopic (exact) mass is 274 g/mol. The van der Waals surface area contributed by atoms with Crippen LogP contribution in [-0.4, -0.2) is 43.8 Å². The van der Waals surface area contributed by atoms with Crippen molar-refractivity contribution < 1.29 is 14.3 Å². The Hall–Kier alpha value is -2.04. The minimum absolute atomic E-state index is 0.0593. The number of hydrogen-bond acceptors (Lipinski definition) is 4. The molecular formula is C15H18N2O3. The number of hydrogen-bond donors (Lipinski definition) is 0. The molecule has 1 saturated heterocycles.